The molecule has 2 aliphatic rings. The number of hydrogen-bond acceptors (Lipinski definition) is 6. The van der Waals surface area contributed by atoms with Gasteiger partial charge in [-0.15, -0.1) is 23.1 Å². The average Bonchev–Trinajstić information content (AvgIpc) is 3.03. The van der Waals surface area contributed by atoms with Gasteiger partial charge in [-0.1, -0.05) is 6.07 Å². The summed E-state index contributed by atoms with van der Waals surface area (Å²) in [5, 5.41) is 13.6. The lowest BCUT2D eigenvalue weighted by molar-refractivity contribution is -0.160. The summed E-state index contributed by atoms with van der Waals surface area (Å²) in [4.78, 5) is 49.0. The van der Waals surface area contributed by atoms with Gasteiger partial charge in [-0.25, -0.2) is 4.79 Å². The number of amides is 2. The van der Waals surface area contributed by atoms with E-state index in [2.05, 4.69) is 5.32 Å². The second-order valence-corrected chi connectivity index (χ2v) is 7.53. The molecule has 0 spiro atoms. The van der Waals surface area contributed by atoms with E-state index in [1.807, 2.05) is 17.5 Å². The lowest BCUT2D eigenvalue weighted by Crippen LogP contribution is -2.74. The van der Waals surface area contributed by atoms with E-state index in [9.17, 15) is 24.3 Å². The molecule has 24 heavy (non-hydrogen) atoms. The Balaban J connectivity index is 1.72. The molecule has 1 aromatic heterocycles. The van der Waals surface area contributed by atoms with Crippen LogP contribution in [0, 0.1) is 0 Å². The monoisotopic (exact) mass is 386 g/mol. The first-order valence-corrected chi connectivity index (χ1v) is 9.02. The Morgan fingerprint density at radius 1 is 1.38 bits per heavy atom. The highest BCUT2D eigenvalue weighted by Gasteiger charge is 2.56. The van der Waals surface area contributed by atoms with Crippen molar-refractivity contribution in [3.63, 3.8) is 0 Å². The first kappa shape index (κ1) is 17.0. The zero-order valence-electron chi connectivity index (χ0n) is 12.0. The minimum atomic E-state index is -1.42. The van der Waals surface area contributed by atoms with Crippen molar-refractivity contribution in [3.05, 3.63) is 33.4 Å². The van der Waals surface area contributed by atoms with Gasteiger partial charge in [-0.05, 0) is 28.5 Å². The molecule has 2 aliphatic heterocycles. The molecular formula is C14H11ClN2O5S2. The summed E-state index contributed by atoms with van der Waals surface area (Å²) >= 11 is 7.92. The first-order valence-electron chi connectivity index (χ1n) is 6.82. The summed E-state index contributed by atoms with van der Waals surface area (Å²) < 4.78 is 0. The minimum absolute atomic E-state index is 0.151. The van der Waals surface area contributed by atoms with E-state index in [-0.39, 0.29) is 17.9 Å². The molecule has 2 N–H and O–H groups in total. The van der Waals surface area contributed by atoms with E-state index in [1.165, 1.54) is 16.7 Å². The van der Waals surface area contributed by atoms with Crippen LogP contribution in [-0.4, -0.2) is 50.5 Å². The molecular weight excluding hydrogens is 376 g/mol. The van der Waals surface area contributed by atoms with Crippen LogP contribution in [0.4, 0.5) is 0 Å². The zero-order valence-corrected chi connectivity index (χ0v) is 14.4. The topological polar surface area (TPSA) is 104 Å². The Hall–Kier alpha value is -1.84. The molecule has 3 rings (SSSR count). The predicted molar refractivity (Wildman–Crippen MR) is 88.5 cm³/mol. The van der Waals surface area contributed by atoms with Crippen LogP contribution in [0.3, 0.4) is 0 Å². The van der Waals surface area contributed by atoms with E-state index in [4.69, 9.17) is 11.6 Å². The van der Waals surface area contributed by atoms with Crippen LogP contribution >= 0.6 is 34.7 Å². The lowest BCUT2D eigenvalue weighted by Gasteiger charge is -2.50. The van der Waals surface area contributed by atoms with Crippen molar-refractivity contribution in [2.24, 2.45) is 0 Å². The highest BCUT2D eigenvalue weighted by atomic mass is 35.5. The smallest absolute Gasteiger partial charge is 0.331 e. The molecule has 1 aromatic rings. The number of thiophene rings is 1. The predicted octanol–water partition coefficient (Wildman–Crippen LogP) is 0.793. The molecule has 1 saturated heterocycles. The second kappa shape index (κ2) is 6.58. The minimum Gasteiger partial charge on any atom is -0.479 e. The molecule has 0 saturated carbocycles. The third-order valence-corrected chi connectivity index (χ3v) is 5.94. The Bertz CT molecular complexity index is 748. The van der Waals surface area contributed by atoms with Gasteiger partial charge in [0, 0.05) is 4.88 Å². The molecule has 1 fully saturated rings. The third-order valence-electron chi connectivity index (χ3n) is 3.68. The zero-order chi connectivity index (χ0) is 17.4. The molecule has 3 atom stereocenters. The van der Waals surface area contributed by atoms with Crippen molar-refractivity contribution in [1.82, 2.24) is 10.2 Å². The number of aliphatic carboxylic acids is 1. The summed E-state index contributed by atoms with van der Waals surface area (Å²) in [6.45, 7) is 0. The standard InChI is InChI=1S/C14H11ClN2O5S2/c15-11(19)7-5-24-13-9(12(20)17(13)10(7)14(21)22)16-8(18)4-6-2-1-3-23-6/h1-3,5,9-10,13H,4H2,(H,16,18)(H,21,22)/t9?,10?,13-/m1/s1. The molecule has 0 aromatic carbocycles. The maximum absolute atomic E-state index is 12.3. The van der Waals surface area contributed by atoms with E-state index < -0.39 is 34.6 Å². The maximum Gasteiger partial charge on any atom is 0.331 e. The summed E-state index contributed by atoms with van der Waals surface area (Å²) in [5.41, 5.74) is -0.151. The van der Waals surface area contributed by atoms with Crippen molar-refractivity contribution in [2.45, 2.75) is 23.9 Å². The lowest BCUT2D eigenvalue weighted by atomic mass is 9.98. The molecule has 126 valence electrons. The van der Waals surface area contributed by atoms with E-state index in [0.717, 1.165) is 21.5 Å². The Morgan fingerprint density at radius 3 is 2.71 bits per heavy atom. The van der Waals surface area contributed by atoms with Crippen molar-refractivity contribution in [1.29, 1.82) is 0 Å². The second-order valence-electron chi connectivity index (χ2n) is 5.16. The van der Waals surface area contributed by atoms with Gasteiger partial charge in [-0.2, -0.15) is 0 Å². The van der Waals surface area contributed by atoms with Gasteiger partial charge in [0.15, 0.2) is 6.04 Å². The number of carboxylic acids is 1. The highest BCUT2D eigenvalue weighted by Crippen LogP contribution is 2.40. The molecule has 0 radical (unpaired) electrons. The van der Waals surface area contributed by atoms with Gasteiger partial charge < -0.3 is 15.3 Å². The summed E-state index contributed by atoms with van der Waals surface area (Å²) in [5.74, 6) is -2.19. The van der Waals surface area contributed by atoms with Crippen molar-refractivity contribution in [2.75, 3.05) is 0 Å². The van der Waals surface area contributed by atoms with Gasteiger partial charge in [0.1, 0.15) is 11.4 Å². The van der Waals surface area contributed by atoms with Gasteiger partial charge in [-0.3, -0.25) is 14.4 Å². The quantitative estimate of drug-likeness (QED) is 0.573. The van der Waals surface area contributed by atoms with Crippen LogP contribution < -0.4 is 5.32 Å². The van der Waals surface area contributed by atoms with E-state index in [0.29, 0.717) is 0 Å². The van der Waals surface area contributed by atoms with E-state index in [1.54, 1.807) is 0 Å². The van der Waals surface area contributed by atoms with Gasteiger partial charge in [0.05, 0.1) is 12.0 Å². The number of nitrogens with zero attached hydrogens (tertiary/aromatic N) is 1. The largest absolute Gasteiger partial charge is 0.479 e. The summed E-state index contributed by atoms with van der Waals surface area (Å²) in [6.07, 6.45) is 0.155. The Kier molecular flexibility index (Phi) is 4.66. The van der Waals surface area contributed by atoms with Crippen LogP contribution in [0.2, 0.25) is 0 Å². The van der Waals surface area contributed by atoms with Crippen LogP contribution in [0.1, 0.15) is 4.88 Å². The molecule has 2 unspecified atom stereocenters. The van der Waals surface area contributed by atoms with Crippen molar-refractivity contribution < 1.29 is 24.3 Å². The fraction of sp³-hybridized carbons (Fsp3) is 0.286. The number of carbonyl (C=O) groups excluding carboxylic acids is 3. The van der Waals surface area contributed by atoms with Crippen LogP contribution in [-0.2, 0) is 25.6 Å². The van der Waals surface area contributed by atoms with Crippen molar-refractivity contribution in [3.8, 4) is 0 Å². The van der Waals surface area contributed by atoms with Crippen LogP contribution in [0.15, 0.2) is 28.5 Å². The number of fused-ring (bicyclic) bond motifs is 1. The molecule has 10 heteroatoms. The summed E-state index contributed by atoms with van der Waals surface area (Å²) in [6, 6.07) is 1.41. The molecule has 0 bridgehead atoms. The van der Waals surface area contributed by atoms with Gasteiger partial charge >= 0.3 is 5.97 Å². The first-order chi connectivity index (χ1) is 11.4. The van der Waals surface area contributed by atoms with Gasteiger partial charge in [0.2, 0.25) is 11.8 Å². The molecule has 0 aliphatic carbocycles. The molecule has 3 heterocycles. The number of carbonyl (C=O) groups is 4. The fourth-order valence-corrected chi connectivity index (χ4v) is 4.74. The van der Waals surface area contributed by atoms with Gasteiger partial charge in [0.25, 0.3) is 5.24 Å². The Labute approximate surface area is 149 Å². The Morgan fingerprint density at radius 2 is 2.12 bits per heavy atom. The SMILES string of the molecule is O=C(Cc1cccs1)NC1C(=O)N2C(C(=O)O)C(C(=O)Cl)=CS[C@H]12. The number of halogens is 1. The number of carboxylic acid groups (broad SMARTS) is 1. The number of β-lactam (4-membered cyclic amide) rings is 1. The number of nitrogens with one attached hydrogen (secondary N) is 1. The highest BCUT2D eigenvalue weighted by molar-refractivity contribution is 8.03. The van der Waals surface area contributed by atoms with Crippen LogP contribution in [0.5, 0.6) is 0 Å². The number of rotatable bonds is 5. The van der Waals surface area contributed by atoms with E-state index >= 15 is 0 Å². The average molecular weight is 387 g/mol. The normalized spacial score (nSPS) is 25.4. The third kappa shape index (κ3) is 2.94. The molecule has 2 amide bonds. The van der Waals surface area contributed by atoms with Crippen molar-refractivity contribution >= 4 is 57.7 Å². The summed E-state index contributed by atoms with van der Waals surface area (Å²) in [7, 11) is 0. The number of thioether (sulfide) groups is 1. The van der Waals surface area contributed by atoms with Crippen LogP contribution in [0.25, 0.3) is 0 Å². The fourth-order valence-electron chi connectivity index (χ4n) is 2.60. The number of hydrogen-bond donors (Lipinski definition) is 2. The molecule has 7 nitrogen and oxygen atoms in total. The maximum atomic E-state index is 12.3.